The van der Waals surface area contributed by atoms with Crippen molar-refractivity contribution in [3.05, 3.63) is 52.2 Å². The minimum atomic E-state index is -4.87. The molecule has 0 bridgehead atoms. The van der Waals surface area contributed by atoms with Crippen LogP contribution in [0.2, 0.25) is 0 Å². The first-order valence-corrected chi connectivity index (χ1v) is 11.0. The zero-order chi connectivity index (χ0) is 27.4. The lowest BCUT2D eigenvalue weighted by molar-refractivity contribution is -0.139. The van der Waals surface area contributed by atoms with Crippen molar-refractivity contribution in [3.8, 4) is 0 Å². The summed E-state index contributed by atoms with van der Waals surface area (Å²) in [5.41, 5.74) is -4.16. The minimum Gasteiger partial charge on any atom is -0.377 e. The normalized spacial score (nSPS) is 17.7. The van der Waals surface area contributed by atoms with Gasteiger partial charge in [-0.25, -0.2) is 19.9 Å². The Hall–Kier alpha value is -3.85. The summed E-state index contributed by atoms with van der Waals surface area (Å²) in [6.07, 6.45) is -4.04. The van der Waals surface area contributed by atoms with Gasteiger partial charge < -0.3 is 20.4 Å². The number of H-pyrrole nitrogens is 1. The number of nitrogens with zero attached hydrogens (tertiary/aromatic N) is 5. The Bertz CT molecular complexity index is 1170. The molecule has 0 spiro atoms. The van der Waals surface area contributed by atoms with Crippen LogP contribution in [-0.4, -0.2) is 69.4 Å². The van der Waals surface area contributed by atoms with E-state index in [1.165, 1.54) is 6.08 Å². The molecule has 2 aromatic heterocycles. The summed E-state index contributed by atoms with van der Waals surface area (Å²) in [5.74, 6) is 0.133. The highest BCUT2D eigenvalue weighted by Gasteiger charge is 2.37. The van der Waals surface area contributed by atoms with Gasteiger partial charge in [0.25, 0.3) is 5.56 Å². The quantitative estimate of drug-likeness (QED) is 0.385. The van der Waals surface area contributed by atoms with Crippen LogP contribution in [0, 0.1) is 0 Å². The van der Waals surface area contributed by atoms with E-state index in [1.54, 1.807) is 34.8 Å². The molecule has 1 unspecified atom stereocenters. The SMILES string of the molecule is CC1CN(c2ncc(C(F)(F)F)cn2)CCN1C(=O)NC/C=C/[C@H](C)Nc1cn[nH]c(=O)c1C(F)(F)F. The number of hydrogen-bond donors (Lipinski definition) is 3. The number of alkyl halides is 6. The Kier molecular flexibility index (Phi) is 8.28. The molecule has 16 heteroatoms. The molecular formula is C21H24F6N8O2. The highest BCUT2D eigenvalue weighted by Crippen LogP contribution is 2.31. The van der Waals surface area contributed by atoms with E-state index in [-0.39, 0.29) is 31.1 Å². The Balaban J connectivity index is 1.49. The smallest absolute Gasteiger partial charge is 0.377 e. The van der Waals surface area contributed by atoms with Crippen molar-refractivity contribution in [3.63, 3.8) is 0 Å². The van der Waals surface area contributed by atoms with E-state index in [4.69, 9.17) is 0 Å². The second-order valence-electron chi connectivity index (χ2n) is 8.29. The van der Waals surface area contributed by atoms with Gasteiger partial charge in [0.15, 0.2) is 0 Å². The van der Waals surface area contributed by atoms with E-state index in [9.17, 15) is 35.9 Å². The second kappa shape index (κ2) is 11.0. The van der Waals surface area contributed by atoms with Crippen molar-refractivity contribution in [2.75, 3.05) is 36.4 Å². The largest absolute Gasteiger partial charge is 0.423 e. The molecule has 37 heavy (non-hydrogen) atoms. The lowest BCUT2D eigenvalue weighted by Gasteiger charge is -2.39. The highest BCUT2D eigenvalue weighted by molar-refractivity contribution is 5.75. The van der Waals surface area contributed by atoms with Crippen LogP contribution >= 0.6 is 0 Å². The van der Waals surface area contributed by atoms with Crippen LogP contribution in [0.25, 0.3) is 0 Å². The highest BCUT2D eigenvalue weighted by atomic mass is 19.4. The van der Waals surface area contributed by atoms with Gasteiger partial charge >= 0.3 is 18.4 Å². The lowest BCUT2D eigenvalue weighted by Crippen LogP contribution is -2.57. The predicted octanol–water partition coefficient (Wildman–Crippen LogP) is 2.87. The van der Waals surface area contributed by atoms with Crippen molar-refractivity contribution in [2.24, 2.45) is 0 Å². The van der Waals surface area contributed by atoms with Crippen LogP contribution in [0.1, 0.15) is 25.0 Å². The molecule has 3 heterocycles. The lowest BCUT2D eigenvalue weighted by atomic mass is 10.2. The van der Waals surface area contributed by atoms with E-state index in [1.807, 2.05) is 0 Å². The summed E-state index contributed by atoms with van der Waals surface area (Å²) in [6.45, 7) is 4.30. The van der Waals surface area contributed by atoms with Crippen LogP contribution in [0.3, 0.4) is 0 Å². The fourth-order valence-electron chi connectivity index (χ4n) is 3.67. The van der Waals surface area contributed by atoms with Gasteiger partial charge in [0.05, 0.1) is 17.4 Å². The standard InChI is InChI=1S/C21H24F6N8O2/c1-12(32-15-10-31-33-17(36)16(15)21(25,26)27)4-3-5-28-19(37)35-7-6-34(11-13(35)2)18-29-8-14(9-30-18)20(22,23)24/h3-4,8-10,12-13H,5-7,11H2,1-2H3,(H,28,37)(H2,32,33,36)/b4-3+/t12-,13?/m0/s1. The van der Waals surface area contributed by atoms with Gasteiger partial charge in [0, 0.05) is 50.7 Å². The number of anilines is 2. The molecule has 1 aliphatic rings. The Morgan fingerprint density at radius 3 is 2.43 bits per heavy atom. The Morgan fingerprint density at radius 2 is 1.84 bits per heavy atom. The Labute approximate surface area is 206 Å². The van der Waals surface area contributed by atoms with Gasteiger partial charge in [0.2, 0.25) is 5.95 Å². The summed E-state index contributed by atoms with van der Waals surface area (Å²) >= 11 is 0. The van der Waals surface area contributed by atoms with Gasteiger partial charge in [-0.1, -0.05) is 12.2 Å². The number of carbonyl (C=O) groups excluding carboxylic acids is 1. The zero-order valence-electron chi connectivity index (χ0n) is 19.7. The van der Waals surface area contributed by atoms with E-state index < -0.39 is 40.8 Å². The number of carbonyl (C=O) groups is 1. The predicted molar refractivity (Wildman–Crippen MR) is 121 cm³/mol. The topological polar surface area (TPSA) is 119 Å². The van der Waals surface area contributed by atoms with E-state index >= 15 is 0 Å². The number of halogens is 6. The Morgan fingerprint density at radius 1 is 1.16 bits per heavy atom. The number of amides is 2. The molecule has 1 saturated heterocycles. The van der Waals surface area contributed by atoms with Crippen molar-refractivity contribution >= 4 is 17.7 Å². The third-order valence-corrected chi connectivity index (χ3v) is 5.46. The zero-order valence-corrected chi connectivity index (χ0v) is 19.7. The van der Waals surface area contributed by atoms with Gasteiger partial charge in [-0.3, -0.25) is 4.79 Å². The van der Waals surface area contributed by atoms with Crippen molar-refractivity contribution in [1.29, 1.82) is 0 Å². The molecule has 10 nitrogen and oxygen atoms in total. The summed E-state index contributed by atoms with van der Waals surface area (Å²) in [6, 6.07) is -1.30. The minimum absolute atomic E-state index is 0.0829. The maximum Gasteiger partial charge on any atom is 0.423 e. The fourth-order valence-corrected chi connectivity index (χ4v) is 3.67. The maximum atomic E-state index is 13.1. The van der Waals surface area contributed by atoms with Crippen LogP contribution in [0.4, 0.5) is 42.8 Å². The molecule has 2 amide bonds. The molecule has 3 rings (SSSR count). The molecule has 0 saturated carbocycles. The summed E-state index contributed by atoms with van der Waals surface area (Å²) in [5, 5.41) is 10.4. The molecule has 202 valence electrons. The number of nitrogens with one attached hydrogen (secondary N) is 3. The van der Waals surface area contributed by atoms with E-state index in [0.717, 1.165) is 6.20 Å². The molecule has 2 aromatic rings. The van der Waals surface area contributed by atoms with Gasteiger partial charge in [-0.05, 0) is 13.8 Å². The third-order valence-electron chi connectivity index (χ3n) is 5.46. The molecule has 1 aliphatic heterocycles. The van der Waals surface area contributed by atoms with Crippen molar-refractivity contribution in [1.82, 2.24) is 30.4 Å². The van der Waals surface area contributed by atoms with E-state index in [0.29, 0.717) is 25.5 Å². The number of hydrogen-bond acceptors (Lipinski definition) is 7. The molecule has 0 aromatic carbocycles. The maximum absolute atomic E-state index is 13.1. The summed E-state index contributed by atoms with van der Waals surface area (Å²) in [4.78, 5) is 34.9. The molecule has 2 atom stereocenters. The van der Waals surface area contributed by atoms with Crippen LogP contribution < -0.4 is 21.1 Å². The average Bonchev–Trinajstić information content (AvgIpc) is 2.80. The summed E-state index contributed by atoms with van der Waals surface area (Å²) in [7, 11) is 0. The number of urea groups is 1. The molecule has 0 aliphatic carbocycles. The molecule has 1 fully saturated rings. The van der Waals surface area contributed by atoms with Crippen molar-refractivity contribution < 1.29 is 31.1 Å². The monoisotopic (exact) mass is 534 g/mol. The third kappa shape index (κ3) is 7.10. The molecule has 0 radical (unpaired) electrons. The average molecular weight is 534 g/mol. The first-order chi connectivity index (χ1) is 17.3. The molecular weight excluding hydrogens is 510 g/mol. The summed E-state index contributed by atoms with van der Waals surface area (Å²) < 4.78 is 77.5. The van der Waals surface area contributed by atoms with Gasteiger partial charge in [0.1, 0.15) is 5.56 Å². The first-order valence-electron chi connectivity index (χ1n) is 11.0. The fraction of sp³-hybridized carbons (Fsp3) is 0.476. The van der Waals surface area contributed by atoms with Crippen LogP contribution in [-0.2, 0) is 12.4 Å². The number of piperazine rings is 1. The first kappa shape index (κ1) is 27.7. The molecule has 3 N–H and O–H groups in total. The van der Waals surface area contributed by atoms with Crippen LogP contribution in [0.5, 0.6) is 0 Å². The van der Waals surface area contributed by atoms with E-state index in [2.05, 4.69) is 25.7 Å². The number of rotatable bonds is 6. The number of aromatic nitrogens is 4. The van der Waals surface area contributed by atoms with Crippen molar-refractivity contribution in [2.45, 2.75) is 38.3 Å². The van der Waals surface area contributed by atoms with Gasteiger partial charge in [-0.2, -0.15) is 31.4 Å². The van der Waals surface area contributed by atoms with Crippen LogP contribution in [0.15, 0.2) is 35.5 Å². The number of aromatic amines is 1. The second-order valence-corrected chi connectivity index (χ2v) is 8.29. The van der Waals surface area contributed by atoms with Gasteiger partial charge in [-0.15, -0.1) is 0 Å².